The van der Waals surface area contributed by atoms with Crippen molar-refractivity contribution in [1.82, 2.24) is 9.55 Å². The quantitative estimate of drug-likeness (QED) is 0.362. The number of aryl methyl sites for hydroxylation is 2. The smallest absolute Gasteiger partial charge is 0.253 e. The number of ether oxygens (including phenoxy) is 1. The van der Waals surface area contributed by atoms with Gasteiger partial charge in [0.2, 0.25) is 5.88 Å². The van der Waals surface area contributed by atoms with Gasteiger partial charge in [0.25, 0.3) is 5.56 Å². The molecule has 5 nitrogen and oxygen atoms in total. The number of aromatic nitrogens is 2. The van der Waals surface area contributed by atoms with E-state index in [1.807, 2.05) is 60.7 Å². The van der Waals surface area contributed by atoms with Crippen LogP contribution in [-0.4, -0.2) is 17.9 Å². The van der Waals surface area contributed by atoms with Crippen LogP contribution in [-0.2, 0) is 24.5 Å². The van der Waals surface area contributed by atoms with Gasteiger partial charge in [-0.1, -0.05) is 63.2 Å². The van der Waals surface area contributed by atoms with Gasteiger partial charge in [0.15, 0.2) is 8.32 Å². The molecule has 33 heavy (non-hydrogen) atoms. The summed E-state index contributed by atoms with van der Waals surface area (Å²) >= 11 is 0. The lowest BCUT2D eigenvalue weighted by Gasteiger charge is -2.39. The normalized spacial score (nSPS) is 13.0. The largest absolute Gasteiger partial charge is 0.473 e. The van der Waals surface area contributed by atoms with Gasteiger partial charge in [0, 0.05) is 24.9 Å². The van der Waals surface area contributed by atoms with E-state index in [1.54, 1.807) is 17.8 Å². The van der Waals surface area contributed by atoms with Crippen molar-refractivity contribution in [1.29, 1.82) is 0 Å². The zero-order chi connectivity index (χ0) is 24.1. The number of benzene rings is 1. The summed E-state index contributed by atoms with van der Waals surface area (Å²) in [6, 6.07) is 19.7. The Labute approximate surface area is 198 Å². The monoisotopic (exact) mass is 464 g/mol. The van der Waals surface area contributed by atoms with Crippen LogP contribution in [0.2, 0.25) is 18.1 Å². The molecule has 176 valence electrons. The Bertz CT molecular complexity index is 1100. The molecule has 0 bridgehead atoms. The first-order valence-corrected chi connectivity index (χ1v) is 14.4. The highest BCUT2D eigenvalue weighted by Gasteiger charge is 2.39. The molecule has 0 amide bonds. The summed E-state index contributed by atoms with van der Waals surface area (Å²) in [7, 11) is -0.284. The van der Waals surface area contributed by atoms with E-state index in [2.05, 4.69) is 33.9 Å². The van der Waals surface area contributed by atoms with E-state index in [9.17, 15) is 4.79 Å². The molecule has 2 heterocycles. The molecule has 0 aliphatic heterocycles. The highest BCUT2D eigenvalue weighted by Crippen LogP contribution is 2.40. The zero-order valence-corrected chi connectivity index (χ0v) is 21.7. The number of pyridine rings is 2. The van der Waals surface area contributed by atoms with Crippen molar-refractivity contribution in [3.8, 4) is 5.88 Å². The third-order valence-electron chi connectivity index (χ3n) is 6.43. The van der Waals surface area contributed by atoms with Gasteiger partial charge in [-0.3, -0.25) is 4.79 Å². The molecule has 0 spiro atoms. The SMILES string of the molecule is Cn1cccc(CCC(O[Si](C)(C)C(C)(C)C)c2cccc(OCc3ccccc3)n2)c1=O. The van der Waals surface area contributed by atoms with E-state index in [-0.39, 0.29) is 16.7 Å². The van der Waals surface area contributed by atoms with Gasteiger partial charge >= 0.3 is 0 Å². The van der Waals surface area contributed by atoms with Crippen LogP contribution in [0.1, 0.15) is 50.1 Å². The van der Waals surface area contributed by atoms with Gasteiger partial charge in [0.1, 0.15) is 6.61 Å². The van der Waals surface area contributed by atoms with Gasteiger partial charge in [-0.2, -0.15) is 0 Å². The zero-order valence-electron chi connectivity index (χ0n) is 20.7. The van der Waals surface area contributed by atoms with E-state index in [0.717, 1.165) is 16.8 Å². The van der Waals surface area contributed by atoms with Crippen LogP contribution >= 0.6 is 0 Å². The summed E-state index contributed by atoms with van der Waals surface area (Å²) < 4.78 is 14.4. The minimum atomic E-state index is -2.07. The Kier molecular flexibility index (Phi) is 7.92. The molecular weight excluding hydrogens is 428 g/mol. The van der Waals surface area contributed by atoms with Crippen LogP contribution in [0.3, 0.4) is 0 Å². The van der Waals surface area contributed by atoms with Crippen molar-refractivity contribution in [3.05, 3.63) is 94.0 Å². The van der Waals surface area contributed by atoms with Crippen molar-refractivity contribution >= 4 is 8.32 Å². The lowest BCUT2D eigenvalue weighted by Crippen LogP contribution is -2.42. The molecule has 0 saturated carbocycles. The molecule has 0 aliphatic rings. The van der Waals surface area contributed by atoms with Gasteiger partial charge in [0.05, 0.1) is 11.8 Å². The van der Waals surface area contributed by atoms with E-state index in [1.165, 1.54) is 0 Å². The number of nitrogens with zero attached hydrogens (tertiary/aromatic N) is 2. The average molecular weight is 465 g/mol. The molecule has 0 saturated heterocycles. The molecule has 1 atom stereocenters. The first-order valence-electron chi connectivity index (χ1n) is 11.5. The Morgan fingerprint density at radius 1 is 1.00 bits per heavy atom. The molecule has 3 aromatic rings. The second kappa shape index (κ2) is 10.5. The van der Waals surface area contributed by atoms with E-state index in [4.69, 9.17) is 14.1 Å². The molecule has 3 rings (SSSR count). The maximum Gasteiger partial charge on any atom is 0.253 e. The van der Waals surface area contributed by atoms with E-state index < -0.39 is 8.32 Å². The molecule has 0 fully saturated rings. The Morgan fingerprint density at radius 2 is 1.73 bits per heavy atom. The Balaban J connectivity index is 1.83. The van der Waals surface area contributed by atoms with E-state index >= 15 is 0 Å². The maximum atomic E-state index is 12.5. The molecule has 1 unspecified atom stereocenters. The van der Waals surface area contributed by atoms with Gasteiger partial charge in [-0.15, -0.1) is 0 Å². The van der Waals surface area contributed by atoms with Crippen molar-refractivity contribution in [2.45, 2.75) is 64.5 Å². The van der Waals surface area contributed by atoms with Crippen molar-refractivity contribution < 1.29 is 9.16 Å². The van der Waals surface area contributed by atoms with Crippen molar-refractivity contribution in [2.75, 3.05) is 0 Å². The first-order chi connectivity index (χ1) is 15.6. The summed E-state index contributed by atoms with van der Waals surface area (Å²) in [4.78, 5) is 17.3. The molecule has 6 heteroatoms. The van der Waals surface area contributed by atoms with Crippen LogP contribution in [0.15, 0.2) is 71.7 Å². The summed E-state index contributed by atoms with van der Waals surface area (Å²) in [5.74, 6) is 0.579. The minimum Gasteiger partial charge on any atom is -0.473 e. The van der Waals surface area contributed by atoms with Crippen LogP contribution in [0, 0.1) is 0 Å². The standard InChI is InChI=1S/C27H36N2O3Si/c1-27(2,3)33(5,6)32-24(18-17-22-14-11-19-29(4)26(22)30)23-15-10-16-25(28-23)31-20-21-12-8-7-9-13-21/h7-16,19,24H,17-18,20H2,1-6H3. The summed E-state index contributed by atoms with van der Waals surface area (Å²) in [6.07, 6.45) is 2.88. The third kappa shape index (κ3) is 6.65. The van der Waals surface area contributed by atoms with Crippen LogP contribution in [0.5, 0.6) is 5.88 Å². The fraction of sp³-hybridized carbons (Fsp3) is 0.407. The highest BCUT2D eigenvalue weighted by atomic mass is 28.4. The molecule has 2 aromatic heterocycles. The topological polar surface area (TPSA) is 53.4 Å². The maximum absolute atomic E-state index is 12.5. The summed E-state index contributed by atoms with van der Waals surface area (Å²) in [5, 5.41) is 0.0650. The molecule has 1 aromatic carbocycles. The predicted octanol–water partition coefficient (Wildman–Crippen LogP) is 6.06. The molecule has 0 aliphatic carbocycles. The second-order valence-corrected chi connectivity index (χ2v) is 14.8. The second-order valence-electron chi connectivity index (χ2n) is 10.0. The fourth-order valence-corrected chi connectivity index (χ4v) is 4.66. The Morgan fingerprint density at radius 3 is 2.42 bits per heavy atom. The Hall–Kier alpha value is -2.70. The number of rotatable bonds is 9. The highest BCUT2D eigenvalue weighted by molar-refractivity contribution is 6.74. The van der Waals surface area contributed by atoms with Crippen LogP contribution in [0.25, 0.3) is 0 Å². The fourth-order valence-electron chi connectivity index (χ4n) is 3.35. The van der Waals surface area contributed by atoms with Crippen molar-refractivity contribution in [3.63, 3.8) is 0 Å². The van der Waals surface area contributed by atoms with Crippen LogP contribution in [0.4, 0.5) is 0 Å². The number of hydrogen-bond acceptors (Lipinski definition) is 4. The predicted molar refractivity (Wildman–Crippen MR) is 136 cm³/mol. The lowest BCUT2D eigenvalue weighted by molar-refractivity contribution is 0.167. The summed E-state index contributed by atoms with van der Waals surface area (Å²) in [6.45, 7) is 11.7. The lowest BCUT2D eigenvalue weighted by atomic mass is 10.1. The summed E-state index contributed by atoms with van der Waals surface area (Å²) in [5.41, 5.74) is 2.77. The molecule has 0 radical (unpaired) electrons. The number of hydrogen-bond donors (Lipinski definition) is 0. The van der Waals surface area contributed by atoms with Gasteiger partial charge in [-0.25, -0.2) is 4.98 Å². The minimum absolute atomic E-state index is 0.0384. The van der Waals surface area contributed by atoms with Crippen LogP contribution < -0.4 is 10.3 Å². The van der Waals surface area contributed by atoms with E-state index in [0.29, 0.717) is 25.3 Å². The third-order valence-corrected chi connectivity index (χ3v) is 10.9. The molecular formula is C27H36N2O3Si. The first kappa shape index (κ1) is 24.9. The van der Waals surface area contributed by atoms with Gasteiger partial charge < -0.3 is 13.7 Å². The average Bonchev–Trinajstić information content (AvgIpc) is 2.78. The molecule has 0 N–H and O–H groups in total. The van der Waals surface area contributed by atoms with Crippen molar-refractivity contribution in [2.24, 2.45) is 7.05 Å². The van der Waals surface area contributed by atoms with Gasteiger partial charge in [-0.05, 0) is 48.7 Å².